The smallest absolute Gasteiger partial charge is 0.243 e. The van der Waals surface area contributed by atoms with Gasteiger partial charge in [0.2, 0.25) is 21.9 Å². The van der Waals surface area contributed by atoms with E-state index in [1.54, 1.807) is 28.8 Å². The highest BCUT2D eigenvalue weighted by molar-refractivity contribution is 7.89. The Hall–Kier alpha value is -3.95. The summed E-state index contributed by atoms with van der Waals surface area (Å²) < 4.78 is 35.5. The Morgan fingerprint density at radius 1 is 1.05 bits per heavy atom. The molecule has 1 amide bonds. The van der Waals surface area contributed by atoms with Crippen LogP contribution in [0.3, 0.4) is 0 Å². The average Bonchev–Trinajstić information content (AvgIpc) is 3.67. The lowest BCUT2D eigenvalue weighted by Crippen LogP contribution is -2.39. The van der Waals surface area contributed by atoms with Crippen LogP contribution in [-0.4, -0.2) is 47.4 Å². The molecule has 1 heterocycles. The highest BCUT2D eigenvalue weighted by Gasteiger charge is 2.39. The minimum atomic E-state index is -3.83. The Bertz CT molecular complexity index is 1530. The molecule has 1 aliphatic carbocycles. The molecule has 0 bridgehead atoms. The second-order valence-electron chi connectivity index (χ2n) is 9.26. The number of hydrogen-bond acceptors (Lipinski definition) is 5. The number of sulfonamides is 1. The minimum absolute atomic E-state index is 0.184. The van der Waals surface area contributed by atoms with Gasteiger partial charge in [-0.2, -0.15) is 4.31 Å². The first-order valence-electron chi connectivity index (χ1n) is 12.6. The first kappa shape index (κ1) is 25.7. The van der Waals surface area contributed by atoms with E-state index in [4.69, 9.17) is 9.72 Å². The van der Waals surface area contributed by atoms with Crippen LogP contribution in [0.15, 0.2) is 90.0 Å². The van der Waals surface area contributed by atoms with Crippen LogP contribution in [0.4, 0.5) is 5.95 Å². The molecule has 38 heavy (non-hydrogen) atoms. The molecule has 0 atom stereocenters. The van der Waals surface area contributed by atoms with Gasteiger partial charge in [-0.3, -0.25) is 14.7 Å². The predicted molar refractivity (Wildman–Crippen MR) is 147 cm³/mol. The van der Waals surface area contributed by atoms with E-state index in [9.17, 15) is 13.2 Å². The topological polar surface area (TPSA) is 93.5 Å². The van der Waals surface area contributed by atoms with E-state index in [2.05, 4.69) is 5.32 Å². The van der Waals surface area contributed by atoms with Crippen LogP contribution < -0.4 is 10.1 Å². The number of aromatic nitrogens is 2. The summed E-state index contributed by atoms with van der Waals surface area (Å²) in [6, 6.07) is 23.7. The Labute approximate surface area is 223 Å². The summed E-state index contributed by atoms with van der Waals surface area (Å²) in [5.74, 6) is 0.535. The molecule has 0 spiro atoms. The molecule has 8 nitrogen and oxygen atoms in total. The van der Waals surface area contributed by atoms with Crippen molar-refractivity contribution < 1.29 is 17.9 Å². The van der Waals surface area contributed by atoms with E-state index in [1.165, 1.54) is 4.31 Å². The molecule has 9 heteroatoms. The van der Waals surface area contributed by atoms with Gasteiger partial charge in [0.25, 0.3) is 0 Å². The van der Waals surface area contributed by atoms with Gasteiger partial charge in [0, 0.05) is 23.9 Å². The van der Waals surface area contributed by atoms with Crippen LogP contribution in [0.1, 0.15) is 25.3 Å². The van der Waals surface area contributed by atoms with Crippen molar-refractivity contribution in [2.75, 3.05) is 18.5 Å². The largest absolute Gasteiger partial charge is 0.494 e. The fourth-order valence-electron chi connectivity index (χ4n) is 4.23. The predicted octanol–water partition coefficient (Wildman–Crippen LogP) is 5.04. The van der Waals surface area contributed by atoms with Gasteiger partial charge in [0.1, 0.15) is 5.75 Å². The average molecular weight is 531 g/mol. The Balaban J connectivity index is 1.44. The van der Waals surface area contributed by atoms with E-state index < -0.39 is 15.9 Å². The standard InChI is InChI=1S/C29H30N4O4S/c1-3-37-25-11-7-10-24(18-25)32-19-27(22-8-5-4-6-9-22)30-29(32)31-28(34)20-33(23-14-15-23)38(35,36)26-16-12-21(2)13-17-26/h4-13,16-19,23H,3,14-15,20H2,1-2H3,(H,30,31,34). The third kappa shape index (κ3) is 5.64. The minimum Gasteiger partial charge on any atom is -0.494 e. The molecule has 0 unspecified atom stereocenters. The van der Waals surface area contributed by atoms with E-state index in [0.717, 1.165) is 29.7 Å². The van der Waals surface area contributed by atoms with Crippen LogP contribution in [0.5, 0.6) is 5.75 Å². The number of benzene rings is 3. The maximum Gasteiger partial charge on any atom is 0.243 e. The third-order valence-electron chi connectivity index (χ3n) is 6.31. The van der Waals surface area contributed by atoms with E-state index >= 15 is 0 Å². The van der Waals surface area contributed by atoms with Crippen LogP contribution in [0, 0.1) is 6.92 Å². The van der Waals surface area contributed by atoms with Crippen molar-refractivity contribution in [3.63, 3.8) is 0 Å². The van der Waals surface area contributed by atoms with Crippen molar-refractivity contribution >= 4 is 21.9 Å². The molecule has 4 aromatic rings. The van der Waals surface area contributed by atoms with Crippen molar-refractivity contribution in [3.05, 3.63) is 90.6 Å². The summed E-state index contributed by atoms with van der Waals surface area (Å²) in [6.07, 6.45) is 3.31. The summed E-state index contributed by atoms with van der Waals surface area (Å²) in [7, 11) is -3.83. The maximum absolute atomic E-state index is 13.4. The highest BCUT2D eigenvalue weighted by atomic mass is 32.2. The summed E-state index contributed by atoms with van der Waals surface area (Å²) in [6.45, 7) is 4.05. The lowest BCUT2D eigenvalue weighted by Gasteiger charge is -2.21. The lowest BCUT2D eigenvalue weighted by atomic mass is 10.2. The number of anilines is 1. The molecule has 1 fully saturated rings. The molecule has 196 valence electrons. The number of nitrogens with zero attached hydrogens (tertiary/aromatic N) is 3. The third-order valence-corrected chi connectivity index (χ3v) is 8.23. The van der Waals surface area contributed by atoms with Crippen LogP contribution in [0.25, 0.3) is 16.9 Å². The molecule has 1 aromatic heterocycles. The van der Waals surface area contributed by atoms with Gasteiger partial charge in [-0.05, 0) is 51.0 Å². The summed E-state index contributed by atoms with van der Waals surface area (Å²) >= 11 is 0. The first-order chi connectivity index (χ1) is 18.3. The summed E-state index contributed by atoms with van der Waals surface area (Å²) in [5.41, 5.74) is 3.29. The number of aryl methyl sites for hydroxylation is 1. The van der Waals surface area contributed by atoms with Crippen molar-refractivity contribution in [1.29, 1.82) is 0 Å². The van der Waals surface area contributed by atoms with Crippen molar-refractivity contribution in [3.8, 4) is 22.7 Å². The number of hydrogen-bond donors (Lipinski definition) is 1. The second kappa shape index (κ2) is 10.8. The number of amides is 1. The van der Waals surface area contributed by atoms with Gasteiger partial charge < -0.3 is 4.74 Å². The highest BCUT2D eigenvalue weighted by Crippen LogP contribution is 2.32. The molecule has 1 aliphatic rings. The zero-order valence-corrected chi connectivity index (χ0v) is 22.2. The van der Waals surface area contributed by atoms with Crippen LogP contribution in [0.2, 0.25) is 0 Å². The number of carbonyl (C=O) groups is 1. The van der Waals surface area contributed by atoms with Gasteiger partial charge in [0.15, 0.2) is 0 Å². The molecule has 3 aromatic carbocycles. The zero-order chi connectivity index (χ0) is 26.7. The van der Waals surface area contributed by atoms with E-state index in [0.29, 0.717) is 24.0 Å². The molecule has 1 saturated carbocycles. The number of ether oxygens (including phenoxy) is 1. The fourth-order valence-corrected chi connectivity index (χ4v) is 5.87. The first-order valence-corrected chi connectivity index (χ1v) is 14.1. The molecular weight excluding hydrogens is 500 g/mol. The van der Waals surface area contributed by atoms with Crippen LogP contribution in [-0.2, 0) is 14.8 Å². The molecule has 5 rings (SSSR count). The maximum atomic E-state index is 13.4. The number of nitrogens with one attached hydrogen (secondary N) is 1. The SMILES string of the molecule is CCOc1cccc(-n2cc(-c3ccccc3)nc2NC(=O)CN(C2CC2)S(=O)(=O)c2ccc(C)cc2)c1. The number of rotatable bonds is 10. The Morgan fingerprint density at radius 2 is 1.79 bits per heavy atom. The van der Waals surface area contributed by atoms with Crippen molar-refractivity contribution in [2.24, 2.45) is 0 Å². The van der Waals surface area contributed by atoms with Gasteiger partial charge in [-0.25, -0.2) is 13.4 Å². The lowest BCUT2D eigenvalue weighted by molar-refractivity contribution is -0.116. The number of carbonyl (C=O) groups excluding carboxylic acids is 1. The molecular formula is C29H30N4O4S. The molecule has 0 aliphatic heterocycles. The zero-order valence-electron chi connectivity index (χ0n) is 21.4. The molecule has 1 N–H and O–H groups in total. The van der Waals surface area contributed by atoms with E-state index in [1.807, 2.05) is 74.6 Å². The Kier molecular flexibility index (Phi) is 7.31. The number of imidazole rings is 1. The van der Waals surface area contributed by atoms with Gasteiger partial charge in [-0.15, -0.1) is 0 Å². The monoisotopic (exact) mass is 530 g/mol. The normalized spacial score (nSPS) is 13.4. The molecule has 0 saturated heterocycles. The fraction of sp³-hybridized carbons (Fsp3) is 0.241. The quantitative estimate of drug-likeness (QED) is 0.310. The summed E-state index contributed by atoms with van der Waals surface area (Å²) in [4.78, 5) is 18.2. The van der Waals surface area contributed by atoms with Gasteiger partial charge in [0.05, 0.1) is 29.4 Å². The Morgan fingerprint density at radius 3 is 2.47 bits per heavy atom. The van der Waals surface area contributed by atoms with Crippen molar-refractivity contribution in [1.82, 2.24) is 13.9 Å². The van der Waals surface area contributed by atoms with Crippen LogP contribution >= 0.6 is 0 Å². The van der Waals surface area contributed by atoms with Gasteiger partial charge in [-0.1, -0.05) is 54.1 Å². The molecule has 0 radical (unpaired) electrons. The second-order valence-corrected chi connectivity index (χ2v) is 11.1. The summed E-state index contributed by atoms with van der Waals surface area (Å²) in [5, 5.41) is 2.86. The van der Waals surface area contributed by atoms with Gasteiger partial charge >= 0.3 is 0 Å². The van der Waals surface area contributed by atoms with Crippen molar-refractivity contribution in [2.45, 2.75) is 37.6 Å². The van der Waals surface area contributed by atoms with E-state index in [-0.39, 0.29) is 17.5 Å².